The molecular formula is C26H27N3O3. The number of amides is 2. The van der Waals surface area contributed by atoms with E-state index in [1.807, 2.05) is 66.7 Å². The molecule has 0 aliphatic carbocycles. The molecule has 1 saturated heterocycles. The van der Waals surface area contributed by atoms with E-state index in [4.69, 9.17) is 4.74 Å². The SMILES string of the molecule is COc1ccc(N2CC(C(=O)Nc3ccc(NC(C)c4ccccc4)cc3)CC2=O)cc1. The minimum absolute atomic E-state index is 0.0511. The number of carbonyl (C=O) groups is 2. The zero-order valence-electron chi connectivity index (χ0n) is 18.2. The second kappa shape index (κ2) is 9.56. The van der Waals surface area contributed by atoms with E-state index in [2.05, 4.69) is 29.7 Å². The fourth-order valence-electron chi connectivity index (χ4n) is 3.86. The number of hydrogen-bond acceptors (Lipinski definition) is 4. The minimum atomic E-state index is -0.388. The van der Waals surface area contributed by atoms with Gasteiger partial charge in [-0.25, -0.2) is 0 Å². The highest BCUT2D eigenvalue weighted by molar-refractivity contribution is 6.03. The Bertz CT molecular complexity index is 1070. The Balaban J connectivity index is 1.34. The molecule has 0 aromatic heterocycles. The van der Waals surface area contributed by atoms with Crippen LogP contribution in [0.2, 0.25) is 0 Å². The molecule has 0 bridgehead atoms. The van der Waals surface area contributed by atoms with E-state index < -0.39 is 0 Å². The molecule has 6 heteroatoms. The number of methoxy groups -OCH3 is 1. The highest BCUT2D eigenvalue weighted by atomic mass is 16.5. The number of anilines is 3. The van der Waals surface area contributed by atoms with E-state index in [0.29, 0.717) is 12.2 Å². The lowest BCUT2D eigenvalue weighted by molar-refractivity contribution is -0.122. The van der Waals surface area contributed by atoms with E-state index in [1.54, 1.807) is 12.0 Å². The van der Waals surface area contributed by atoms with Crippen molar-refractivity contribution in [2.24, 2.45) is 5.92 Å². The third kappa shape index (κ3) is 4.91. The normalized spacial score (nSPS) is 16.5. The van der Waals surface area contributed by atoms with Crippen LogP contribution in [0.3, 0.4) is 0 Å². The summed E-state index contributed by atoms with van der Waals surface area (Å²) in [5.74, 6) is 0.142. The van der Waals surface area contributed by atoms with Gasteiger partial charge in [-0.05, 0) is 61.0 Å². The van der Waals surface area contributed by atoms with Crippen molar-refractivity contribution in [3.05, 3.63) is 84.4 Å². The lowest BCUT2D eigenvalue weighted by Crippen LogP contribution is -2.28. The van der Waals surface area contributed by atoms with Crippen molar-refractivity contribution in [2.75, 3.05) is 29.2 Å². The molecular weight excluding hydrogens is 402 g/mol. The summed E-state index contributed by atoms with van der Waals surface area (Å²) >= 11 is 0. The van der Waals surface area contributed by atoms with Gasteiger partial charge in [0.25, 0.3) is 0 Å². The van der Waals surface area contributed by atoms with E-state index in [0.717, 1.165) is 17.1 Å². The van der Waals surface area contributed by atoms with Crippen LogP contribution in [0.25, 0.3) is 0 Å². The van der Waals surface area contributed by atoms with Gasteiger partial charge in [-0.3, -0.25) is 9.59 Å². The quantitative estimate of drug-likeness (QED) is 0.563. The number of carbonyl (C=O) groups excluding carboxylic acids is 2. The molecule has 1 aliphatic heterocycles. The summed E-state index contributed by atoms with van der Waals surface area (Å²) in [5.41, 5.74) is 3.66. The summed E-state index contributed by atoms with van der Waals surface area (Å²) in [4.78, 5) is 26.9. The fourth-order valence-corrected chi connectivity index (χ4v) is 3.86. The second-order valence-corrected chi connectivity index (χ2v) is 7.95. The van der Waals surface area contributed by atoms with E-state index in [9.17, 15) is 9.59 Å². The molecule has 1 aliphatic rings. The Hall–Kier alpha value is -3.80. The minimum Gasteiger partial charge on any atom is -0.497 e. The van der Waals surface area contributed by atoms with Crippen molar-refractivity contribution < 1.29 is 14.3 Å². The number of nitrogens with one attached hydrogen (secondary N) is 2. The lowest BCUT2D eigenvalue weighted by atomic mass is 10.1. The van der Waals surface area contributed by atoms with Crippen LogP contribution >= 0.6 is 0 Å². The first kappa shape index (κ1) is 21.4. The van der Waals surface area contributed by atoms with Crippen molar-refractivity contribution in [3.8, 4) is 5.75 Å². The average molecular weight is 430 g/mol. The summed E-state index contributed by atoms with van der Waals surface area (Å²) in [7, 11) is 1.60. The summed E-state index contributed by atoms with van der Waals surface area (Å²) in [6, 6.07) is 25.3. The van der Waals surface area contributed by atoms with Gasteiger partial charge in [0.05, 0.1) is 13.0 Å². The first-order valence-corrected chi connectivity index (χ1v) is 10.7. The molecule has 32 heavy (non-hydrogen) atoms. The number of nitrogens with zero attached hydrogens (tertiary/aromatic N) is 1. The standard InChI is InChI=1S/C26H27N3O3/c1-18(19-6-4-3-5-7-19)27-21-8-10-22(11-9-21)28-26(31)20-16-25(30)29(17-20)23-12-14-24(32-2)15-13-23/h3-15,18,20,27H,16-17H2,1-2H3,(H,28,31). The van der Waals surface area contributed by atoms with Gasteiger partial charge in [0.15, 0.2) is 0 Å². The van der Waals surface area contributed by atoms with Crippen LogP contribution in [0.5, 0.6) is 5.75 Å². The monoisotopic (exact) mass is 429 g/mol. The van der Waals surface area contributed by atoms with Crippen molar-refractivity contribution in [2.45, 2.75) is 19.4 Å². The van der Waals surface area contributed by atoms with E-state index >= 15 is 0 Å². The molecule has 3 aromatic carbocycles. The Morgan fingerprint density at radius 2 is 1.62 bits per heavy atom. The maximum atomic E-state index is 12.8. The summed E-state index contributed by atoms with van der Waals surface area (Å²) in [6.45, 7) is 2.47. The first-order chi connectivity index (χ1) is 15.5. The average Bonchev–Trinajstić information content (AvgIpc) is 3.22. The van der Waals surface area contributed by atoms with Crippen LogP contribution < -0.4 is 20.3 Å². The third-order valence-corrected chi connectivity index (χ3v) is 5.72. The molecule has 2 N–H and O–H groups in total. The maximum Gasteiger partial charge on any atom is 0.229 e. The van der Waals surface area contributed by atoms with Crippen LogP contribution in [0, 0.1) is 5.92 Å². The smallest absolute Gasteiger partial charge is 0.229 e. The van der Waals surface area contributed by atoms with Gasteiger partial charge in [-0.15, -0.1) is 0 Å². The van der Waals surface area contributed by atoms with Crippen molar-refractivity contribution in [3.63, 3.8) is 0 Å². The van der Waals surface area contributed by atoms with Gasteiger partial charge in [0.2, 0.25) is 11.8 Å². The second-order valence-electron chi connectivity index (χ2n) is 7.95. The molecule has 6 nitrogen and oxygen atoms in total. The Morgan fingerprint density at radius 1 is 0.969 bits per heavy atom. The number of ether oxygens (including phenoxy) is 1. The molecule has 0 spiro atoms. The number of hydrogen-bond donors (Lipinski definition) is 2. The predicted octanol–water partition coefficient (Wildman–Crippen LogP) is 4.86. The Labute approximate surface area is 188 Å². The van der Waals surface area contributed by atoms with Gasteiger partial charge in [0.1, 0.15) is 5.75 Å². The summed E-state index contributed by atoms with van der Waals surface area (Å²) in [5, 5.41) is 6.40. The van der Waals surface area contributed by atoms with Gasteiger partial charge in [-0.1, -0.05) is 30.3 Å². The third-order valence-electron chi connectivity index (χ3n) is 5.72. The largest absolute Gasteiger partial charge is 0.497 e. The van der Waals surface area contributed by atoms with Crippen molar-refractivity contribution in [1.29, 1.82) is 0 Å². The van der Waals surface area contributed by atoms with Crippen molar-refractivity contribution in [1.82, 2.24) is 0 Å². The Kier molecular flexibility index (Phi) is 6.40. The number of rotatable bonds is 7. The molecule has 0 saturated carbocycles. The molecule has 2 amide bonds. The number of benzene rings is 3. The molecule has 4 rings (SSSR count). The maximum absolute atomic E-state index is 12.8. The van der Waals surface area contributed by atoms with Crippen molar-refractivity contribution >= 4 is 28.9 Å². The lowest BCUT2D eigenvalue weighted by Gasteiger charge is -2.17. The van der Waals surface area contributed by atoms with Gasteiger partial charge in [-0.2, -0.15) is 0 Å². The molecule has 0 radical (unpaired) electrons. The molecule has 2 unspecified atom stereocenters. The van der Waals surface area contributed by atoms with Gasteiger partial charge in [0, 0.05) is 36.1 Å². The summed E-state index contributed by atoms with van der Waals surface area (Å²) in [6.07, 6.45) is 0.200. The van der Waals surface area contributed by atoms with Crippen LogP contribution in [0.15, 0.2) is 78.9 Å². The molecule has 1 heterocycles. The summed E-state index contributed by atoms with van der Waals surface area (Å²) < 4.78 is 5.16. The fraction of sp³-hybridized carbons (Fsp3) is 0.231. The van der Waals surface area contributed by atoms with E-state index in [1.165, 1.54) is 5.56 Å². The zero-order chi connectivity index (χ0) is 22.5. The highest BCUT2D eigenvalue weighted by Gasteiger charge is 2.35. The molecule has 3 aromatic rings. The van der Waals surface area contributed by atoms with Crippen LogP contribution in [-0.4, -0.2) is 25.5 Å². The van der Waals surface area contributed by atoms with E-state index in [-0.39, 0.29) is 30.2 Å². The van der Waals surface area contributed by atoms with Crippen LogP contribution in [-0.2, 0) is 9.59 Å². The molecule has 164 valence electrons. The van der Waals surface area contributed by atoms with Gasteiger partial charge < -0.3 is 20.3 Å². The predicted molar refractivity (Wildman–Crippen MR) is 127 cm³/mol. The zero-order valence-corrected chi connectivity index (χ0v) is 18.2. The molecule has 2 atom stereocenters. The topological polar surface area (TPSA) is 70.7 Å². The van der Waals surface area contributed by atoms with Crippen LogP contribution in [0.4, 0.5) is 17.1 Å². The highest BCUT2D eigenvalue weighted by Crippen LogP contribution is 2.28. The molecule has 1 fully saturated rings. The first-order valence-electron chi connectivity index (χ1n) is 10.7. The Morgan fingerprint density at radius 3 is 2.28 bits per heavy atom. The van der Waals surface area contributed by atoms with Gasteiger partial charge >= 0.3 is 0 Å². The van der Waals surface area contributed by atoms with Crippen LogP contribution in [0.1, 0.15) is 24.9 Å².